The quantitative estimate of drug-likeness (QED) is 0.718. The molecule has 88 valence electrons. The minimum absolute atomic E-state index is 0.0369. The van der Waals surface area contributed by atoms with Crippen molar-refractivity contribution in [1.82, 2.24) is 0 Å². The normalized spacial score (nSPS) is 14.9. The molecule has 18 heavy (non-hydrogen) atoms. The van der Waals surface area contributed by atoms with Crippen molar-refractivity contribution >= 4 is 5.69 Å². The van der Waals surface area contributed by atoms with Gasteiger partial charge in [0.05, 0.1) is 0 Å². The van der Waals surface area contributed by atoms with Crippen molar-refractivity contribution in [1.29, 1.82) is 0 Å². The van der Waals surface area contributed by atoms with E-state index >= 15 is 0 Å². The highest BCUT2D eigenvalue weighted by Gasteiger charge is 2.25. The minimum Gasteiger partial charge on any atom is -0.353 e. The van der Waals surface area contributed by atoms with Gasteiger partial charge in [-0.3, -0.25) is 0 Å². The first kappa shape index (κ1) is 10.9. The van der Waals surface area contributed by atoms with E-state index in [1.807, 2.05) is 18.2 Å². The fourth-order valence-electron chi connectivity index (χ4n) is 2.63. The predicted octanol–water partition coefficient (Wildman–Crippen LogP) is 3.42. The van der Waals surface area contributed by atoms with Crippen molar-refractivity contribution in [3.8, 4) is 12.3 Å². The Bertz CT molecular complexity index is 580. The van der Waals surface area contributed by atoms with Gasteiger partial charge in [0.25, 0.3) is 0 Å². The Morgan fingerprint density at radius 3 is 2.50 bits per heavy atom. The molecule has 1 heterocycles. The molecular formula is C17H15N. The molecule has 0 saturated carbocycles. The topological polar surface area (TPSA) is 3.24 Å². The van der Waals surface area contributed by atoms with Crippen LogP contribution in [0.4, 0.5) is 5.69 Å². The molecule has 0 aliphatic carbocycles. The van der Waals surface area contributed by atoms with Gasteiger partial charge in [0.2, 0.25) is 0 Å². The Balaban J connectivity index is 1.99. The maximum absolute atomic E-state index is 5.75. The van der Waals surface area contributed by atoms with Crippen molar-refractivity contribution < 1.29 is 0 Å². The average molecular weight is 233 g/mol. The molecular weight excluding hydrogens is 218 g/mol. The number of nitrogens with zero attached hydrogens (tertiary/aromatic N) is 1. The zero-order chi connectivity index (χ0) is 12.4. The summed E-state index contributed by atoms with van der Waals surface area (Å²) in [6.07, 6.45) is 6.83. The van der Waals surface area contributed by atoms with E-state index in [1.165, 1.54) is 16.8 Å². The van der Waals surface area contributed by atoms with Gasteiger partial charge in [-0.15, -0.1) is 6.42 Å². The van der Waals surface area contributed by atoms with Crippen molar-refractivity contribution in [2.75, 3.05) is 11.4 Å². The van der Waals surface area contributed by atoms with E-state index in [0.717, 1.165) is 13.0 Å². The van der Waals surface area contributed by atoms with Crippen LogP contribution in [0.5, 0.6) is 0 Å². The van der Waals surface area contributed by atoms with Crippen molar-refractivity contribution in [3.63, 3.8) is 0 Å². The molecule has 0 unspecified atom stereocenters. The molecule has 1 heteroatoms. The molecule has 2 aromatic carbocycles. The van der Waals surface area contributed by atoms with Crippen LogP contribution in [0.3, 0.4) is 0 Å². The van der Waals surface area contributed by atoms with Crippen molar-refractivity contribution in [2.24, 2.45) is 0 Å². The summed E-state index contributed by atoms with van der Waals surface area (Å²) < 4.78 is 0. The summed E-state index contributed by atoms with van der Waals surface area (Å²) in [5, 5.41) is 0. The van der Waals surface area contributed by atoms with Crippen LogP contribution in [0, 0.1) is 12.3 Å². The third-order valence-corrected chi connectivity index (χ3v) is 3.51. The van der Waals surface area contributed by atoms with Gasteiger partial charge >= 0.3 is 0 Å². The summed E-state index contributed by atoms with van der Waals surface area (Å²) in [5.41, 5.74) is 3.87. The van der Waals surface area contributed by atoms with Crippen LogP contribution >= 0.6 is 0 Å². The lowest BCUT2D eigenvalue weighted by Crippen LogP contribution is -2.25. The highest BCUT2D eigenvalue weighted by molar-refractivity contribution is 5.60. The molecule has 0 N–H and O–H groups in total. The summed E-state index contributed by atoms with van der Waals surface area (Å²) in [6, 6.07) is 18.9. The zero-order valence-electron chi connectivity index (χ0n) is 10.2. The van der Waals surface area contributed by atoms with Gasteiger partial charge in [-0.05, 0) is 23.6 Å². The highest BCUT2D eigenvalue weighted by Crippen LogP contribution is 2.34. The van der Waals surface area contributed by atoms with Gasteiger partial charge in [-0.2, -0.15) is 0 Å². The number of fused-ring (bicyclic) bond motifs is 1. The summed E-state index contributed by atoms with van der Waals surface area (Å²) in [5.74, 6) is 2.93. The molecule has 0 radical (unpaired) electrons. The Morgan fingerprint density at radius 1 is 1.00 bits per heavy atom. The summed E-state index contributed by atoms with van der Waals surface area (Å²) in [4.78, 5) is 2.32. The van der Waals surface area contributed by atoms with Crippen molar-refractivity contribution in [2.45, 2.75) is 12.5 Å². The number of terminal acetylenes is 1. The number of para-hydroxylation sites is 1. The van der Waals surface area contributed by atoms with Crippen LogP contribution in [0.2, 0.25) is 0 Å². The second-order valence-corrected chi connectivity index (χ2v) is 4.55. The molecule has 0 fully saturated rings. The SMILES string of the molecule is C#C[C@@H](c1ccccc1)N1CCc2ccccc21. The summed E-state index contributed by atoms with van der Waals surface area (Å²) >= 11 is 0. The molecule has 1 aliphatic rings. The van der Waals surface area contributed by atoms with E-state index in [4.69, 9.17) is 6.42 Å². The van der Waals surface area contributed by atoms with Gasteiger partial charge in [-0.25, -0.2) is 0 Å². The molecule has 1 atom stereocenters. The standard InChI is InChI=1S/C17H15N/c1-2-16(14-8-4-3-5-9-14)18-13-12-15-10-6-7-11-17(15)18/h1,3-11,16H,12-13H2/t16-/m0/s1. The van der Waals surface area contributed by atoms with Gasteiger partial charge < -0.3 is 4.90 Å². The molecule has 0 aromatic heterocycles. The first-order valence-corrected chi connectivity index (χ1v) is 6.26. The van der Waals surface area contributed by atoms with E-state index < -0.39 is 0 Å². The van der Waals surface area contributed by atoms with E-state index in [-0.39, 0.29) is 6.04 Å². The Labute approximate surface area is 108 Å². The first-order chi connectivity index (χ1) is 8.90. The number of benzene rings is 2. The van der Waals surface area contributed by atoms with Crippen LogP contribution < -0.4 is 4.90 Å². The monoisotopic (exact) mass is 233 g/mol. The Morgan fingerprint density at radius 2 is 1.72 bits per heavy atom. The lowest BCUT2D eigenvalue weighted by Gasteiger charge is -2.26. The lowest BCUT2D eigenvalue weighted by molar-refractivity contribution is 0.772. The summed E-state index contributed by atoms with van der Waals surface area (Å²) in [7, 11) is 0. The number of hydrogen-bond acceptors (Lipinski definition) is 1. The largest absolute Gasteiger partial charge is 0.353 e. The average Bonchev–Trinajstić information content (AvgIpc) is 2.85. The lowest BCUT2D eigenvalue weighted by atomic mass is 10.1. The molecule has 0 saturated heterocycles. The second kappa shape index (κ2) is 4.58. The molecule has 3 rings (SSSR count). The van der Waals surface area contributed by atoms with Gasteiger partial charge in [0, 0.05) is 12.2 Å². The van der Waals surface area contributed by atoms with E-state index in [1.54, 1.807) is 0 Å². The number of anilines is 1. The predicted molar refractivity (Wildman–Crippen MR) is 75.5 cm³/mol. The first-order valence-electron chi connectivity index (χ1n) is 6.26. The van der Waals surface area contributed by atoms with Gasteiger partial charge in [-0.1, -0.05) is 54.5 Å². The van der Waals surface area contributed by atoms with Crippen LogP contribution in [0.15, 0.2) is 54.6 Å². The summed E-state index contributed by atoms with van der Waals surface area (Å²) in [6.45, 7) is 1.00. The molecule has 0 spiro atoms. The Hall–Kier alpha value is -2.20. The molecule has 0 bridgehead atoms. The fraction of sp³-hybridized carbons (Fsp3) is 0.176. The van der Waals surface area contributed by atoms with Crippen LogP contribution in [0.25, 0.3) is 0 Å². The third kappa shape index (κ3) is 1.76. The second-order valence-electron chi connectivity index (χ2n) is 4.55. The maximum atomic E-state index is 5.75. The van der Waals surface area contributed by atoms with Gasteiger partial charge in [0.15, 0.2) is 0 Å². The Kier molecular flexibility index (Phi) is 2.78. The van der Waals surface area contributed by atoms with Crippen LogP contribution in [-0.2, 0) is 6.42 Å². The molecule has 1 aliphatic heterocycles. The van der Waals surface area contributed by atoms with Crippen LogP contribution in [-0.4, -0.2) is 6.54 Å². The van der Waals surface area contributed by atoms with E-state index in [9.17, 15) is 0 Å². The fourth-order valence-corrected chi connectivity index (χ4v) is 2.63. The van der Waals surface area contributed by atoms with Crippen LogP contribution in [0.1, 0.15) is 17.2 Å². The number of rotatable bonds is 2. The third-order valence-electron chi connectivity index (χ3n) is 3.51. The molecule has 0 amide bonds. The van der Waals surface area contributed by atoms with Crippen molar-refractivity contribution in [3.05, 3.63) is 65.7 Å². The van der Waals surface area contributed by atoms with Gasteiger partial charge in [0.1, 0.15) is 6.04 Å². The smallest absolute Gasteiger partial charge is 0.116 e. The zero-order valence-corrected chi connectivity index (χ0v) is 10.2. The molecule has 1 nitrogen and oxygen atoms in total. The number of hydrogen-bond donors (Lipinski definition) is 0. The maximum Gasteiger partial charge on any atom is 0.116 e. The molecule has 2 aromatic rings. The van der Waals surface area contributed by atoms with E-state index in [2.05, 4.69) is 47.2 Å². The minimum atomic E-state index is 0.0369. The highest BCUT2D eigenvalue weighted by atomic mass is 15.2. The van der Waals surface area contributed by atoms with E-state index in [0.29, 0.717) is 0 Å².